The fourth-order valence-electron chi connectivity index (χ4n) is 4.90. The van der Waals surface area contributed by atoms with E-state index in [2.05, 4.69) is 5.32 Å². The first kappa shape index (κ1) is 15.8. The van der Waals surface area contributed by atoms with Crippen molar-refractivity contribution >= 4 is 23.5 Å². The lowest BCUT2D eigenvalue weighted by Crippen LogP contribution is -2.39. The number of rotatable bonds is 5. The van der Waals surface area contributed by atoms with Gasteiger partial charge in [-0.2, -0.15) is 0 Å². The van der Waals surface area contributed by atoms with Crippen LogP contribution in [-0.2, 0) is 9.59 Å². The number of amides is 1. The van der Waals surface area contributed by atoms with Gasteiger partial charge in [0, 0.05) is 5.92 Å². The van der Waals surface area contributed by atoms with Gasteiger partial charge in [0.15, 0.2) is 6.04 Å². The van der Waals surface area contributed by atoms with Crippen molar-refractivity contribution < 1.29 is 19.4 Å². The van der Waals surface area contributed by atoms with E-state index in [-0.39, 0.29) is 11.8 Å². The normalized spacial score (nSPS) is 33.7. The molecule has 3 fully saturated rings. The minimum atomic E-state index is -1.09. The van der Waals surface area contributed by atoms with Gasteiger partial charge < -0.3 is 15.2 Å². The Morgan fingerprint density at radius 3 is 2.62 bits per heavy atom. The lowest BCUT2D eigenvalue weighted by atomic mass is 9.87. The highest BCUT2D eigenvalue weighted by atomic mass is 35.5. The number of nitrogens with one attached hydrogen (secondary N) is 1. The number of hydrogen-bond acceptors (Lipinski definition) is 3. The van der Waals surface area contributed by atoms with Gasteiger partial charge in [-0.3, -0.25) is 4.79 Å². The zero-order chi connectivity index (χ0) is 17.0. The van der Waals surface area contributed by atoms with Crippen LogP contribution in [0.5, 0.6) is 5.75 Å². The van der Waals surface area contributed by atoms with Crippen molar-refractivity contribution in [3.63, 3.8) is 0 Å². The van der Waals surface area contributed by atoms with Crippen molar-refractivity contribution in [2.75, 3.05) is 7.11 Å². The molecule has 0 heterocycles. The van der Waals surface area contributed by atoms with E-state index < -0.39 is 12.0 Å². The van der Waals surface area contributed by atoms with Gasteiger partial charge in [0.25, 0.3) is 0 Å². The molecule has 0 spiro atoms. The van der Waals surface area contributed by atoms with Gasteiger partial charge in [0.2, 0.25) is 5.91 Å². The molecule has 6 heteroatoms. The average molecular weight is 350 g/mol. The Morgan fingerprint density at radius 2 is 2.04 bits per heavy atom. The van der Waals surface area contributed by atoms with Crippen LogP contribution in [0.1, 0.15) is 30.9 Å². The molecule has 0 radical (unpaired) electrons. The van der Waals surface area contributed by atoms with Crippen molar-refractivity contribution in [1.29, 1.82) is 0 Å². The van der Waals surface area contributed by atoms with Gasteiger partial charge in [-0.05, 0) is 60.6 Å². The molecule has 1 aromatic carbocycles. The van der Waals surface area contributed by atoms with Crippen molar-refractivity contribution in [2.45, 2.75) is 25.3 Å². The number of benzene rings is 1. The first-order valence-corrected chi connectivity index (χ1v) is 8.74. The Kier molecular flexibility index (Phi) is 3.71. The number of carbonyl (C=O) groups is 2. The number of fused-ring (bicyclic) bond motifs is 5. The molecule has 0 saturated heterocycles. The Balaban J connectivity index is 1.50. The number of ether oxygens (including phenoxy) is 1. The minimum absolute atomic E-state index is 0.0330. The Bertz CT molecular complexity index is 706. The number of hydrogen-bond donors (Lipinski definition) is 2. The van der Waals surface area contributed by atoms with Crippen molar-refractivity contribution in [3.05, 3.63) is 28.8 Å². The summed E-state index contributed by atoms with van der Waals surface area (Å²) in [5, 5.41) is 12.6. The molecule has 6 atom stereocenters. The number of halogens is 1. The van der Waals surface area contributed by atoms with Crippen molar-refractivity contribution in [2.24, 2.45) is 29.6 Å². The molecule has 4 rings (SSSR count). The van der Waals surface area contributed by atoms with Crippen molar-refractivity contribution in [1.82, 2.24) is 5.32 Å². The molecule has 3 aliphatic carbocycles. The van der Waals surface area contributed by atoms with E-state index in [9.17, 15) is 14.7 Å². The average Bonchev–Trinajstić information content (AvgIpc) is 3.16. The molecule has 3 saturated carbocycles. The highest BCUT2D eigenvalue weighted by Crippen LogP contribution is 2.67. The van der Waals surface area contributed by atoms with Crippen LogP contribution >= 0.6 is 11.6 Å². The van der Waals surface area contributed by atoms with E-state index >= 15 is 0 Å². The molecule has 3 aliphatic rings. The highest BCUT2D eigenvalue weighted by molar-refractivity contribution is 6.32. The van der Waals surface area contributed by atoms with E-state index in [1.807, 2.05) is 0 Å². The summed E-state index contributed by atoms with van der Waals surface area (Å²) in [7, 11) is 1.50. The molecule has 2 bridgehead atoms. The van der Waals surface area contributed by atoms with Gasteiger partial charge in [-0.15, -0.1) is 0 Å². The Morgan fingerprint density at radius 1 is 1.25 bits per heavy atom. The number of aliphatic carboxylic acids is 1. The van der Waals surface area contributed by atoms with Crippen molar-refractivity contribution in [3.8, 4) is 5.75 Å². The van der Waals surface area contributed by atoms with Crippen LogP contribution < -0.4 is 10.1 Å². The molecule has 24 heavy (non-hydrogen) atoms. The zero-order valence-corrected chi connectivity index (χ0v) is 14.1. The first-order chi connectivity index (χ1) is 11.5. The van der Waals surface area contributed by atoms with E-state index in [4.69, 9.17) is 16.3 Å². The quantitative estimate of drug-likeness (QED) is 0.857. The maximum atomic E-state index is 12.7. The molecule has 2 N–H and O–H groups in total. The second-order valence-electron chi connectivity index (χ2n) is 7.24. The third kappa shape index (κ3) is 2.46. The van der Waals surface area contributed by atoms with Gasteiger partial charge in [-0.1, -0.05) is 17.7 Å². The van der Waals surface area contributed by atoms with Crippen LogP contribution in [0.3, 0.4) is 0 Å². The molecule has 1 aromatic rings. The molecule has 128 valence electrons. The van der Waals surface area contributed by atoms with E-state index in [0.29, 0.717) is 34.1 Å². The lowest BCUT2D eigenvalue weighted by molar-refractivity contribution is -0.143. The molecular weight excluding hydrogens is 330 g/mol. The summed E-state index contributed by atoms with van der Waals surface area (Å²) in [6, 6.07) is 3.69. The fraction of sp³-hybridized carbons (Fsp3) is 0.556. The smallest absolute Gasteiger partial charge is 0.330 e. The van der Waals surface area contributed by atoms with Crippen LogP contribution in [0.15, 0.2) is 18.2 Å². The first-order valence-electron chi connectivity index (χ1n) is 8.36. The summed E-state index contributed by atoms with van der Waals surface area (Å²) in [5.74, 6) is 1.90. The third-order valence-corrected chi connectivity index (χ3v) is 6.37. The third-order valence-electron chi connectivity index (χ3n) is 6.07. The summed E-state index contributed by atoms with van der Waals surface area (Å²) in [4.78, 5) is 24.3. The molecule has 6 unspecified atom stereocenters. The van der Waals surface area contributed by atoms with E-state index in [1.165, 1.54) is 19.6 Å². The molecule has 1 amide bonds. The molecule has 5 nitrogen and oxygen atoms in total. The monoisotopic (exact) mass is 349 g/mol. The topological polar surface area (TPSA) is 75.6 Å². The van der Waals surface area contributed by atoms with Crippen LogP contribution in [-0.4, -0.2) is 24.1 Å². The number of carboxylic acid groups (broad SMARTS) is 1. The fourth-order valence-corrected chi connectivity index (χ4v) is 5.17. The van der Waals surface area contributed by atoms with Crippen LogP contribution in [0.2, 0.25) is 5.02 Å². The predicted octanol–water partition coefficient (Wildman–Crippen LogP) is 2.88. The summed E-state index contributed by atoms with van der Waals surface area (Å²) in [6.45, 7) is 0. The van der Waals surface area contributed by atoms with Gasteiger partial charge >= 0.3 is 5.97 Å². The zero-order valence-electron chi connectivity index (χ0n) is 13.4. The summed E-state index contributed by atoms with van der Waals surface area (Å²) in [5.41, 5.74) is 0.453. The summed E-state index contributed by atoms with van der Waals surface area (Å²) in [6.07, 6.45) is 3.31. The number of carbonyl (C=O) groups excluding carboxylic acids is 1. The van der Waals surface area contributed by atoms with Crippen LogP contribution in [0, 0.1) is 29.6 Å². The summed E-state index contributed by atoms with van der Waals surface area (Å²) < 4.78 is 5.09. The Labute approximate surface area is 145 Å². The second-order valence-corrected chi connectivity index (χ2v) is 7.65. The highest BCUT2D eigenvalue weighted by Gasteiger charge is 2.62. The maximum Gasteiger partial charge on any atom is 0.330 e. The molecular formula is C18H20ClNO4. The van der Waals surface area contributed by atoms with Gasteiger partial charge in [-0.25, -0.2) is 4.79 Å². The van der Waals surface area contributed by atoms with Gasteiger partial charge in [0.05, 0.1) is 12.1 Å². The van der Waals surface area contributed by atoms with E-state index in [1.54, 1.807) is 12.1 Å². The largest absolute Gasteiger partial charge is 0.495 e. The SMILES string of the molecule is COc1ccc(C(NC(=O)C2CC3CC2C2CC32)C(=O)O)cc1Cl. The minimum Gasteiger partial charge on any atom is -0.495 e. The molecule has 0 aromatic heterocycles. The van der Waals surface area contributed by atoms with Crippen LogP contribution in [0.25, 0.3) is 0 Å². The predicted molar refractivity (Wildman–Crippen MR) is 87.8 cm³/mol. The standard InChI is InChI=1S/C18H20ClNO4/c1-24-15-3-2-8(6-14(15)19)16(18(22)23)20-17(21)13-5-9-4-11(13)12-7-10(9)12/h2-3,6,9-13,16H,4-5,7H2,1H3,(H,20,21)(H,22,23). The summed E-state index contributed by atoms with van der Waals surface area (Å²) >= 11 is 6.09. The molecule has 0 aliphatic heterocycles. The second kappa shape index (κ2) is 5.66. The number of carboxylic acids is 1. The van der Waals surface area contributed by atoms with E-state index in [0.717, 1.165) is 18.8 Å². The number of methoxy groups -OCH3 is 1. The Hall–Kier alpha value is -1.75. The van der Waals surface area contributed by atoms with Crippen LogP contribution in [0.4, 0.5) is 0 Å². The van der Waals surface area contributed by atoms with Gasteiger partial charge in [0.1, 0.15) is 5.75 Å². The maximum absolute atomic E-state index is 12.7. The lowest BCUT2D eigenvalue weighted by Gasteiger charge is -2.23.